The van der Waals surface area contributed by atoms with Crippen molar-refractivity contribution in [2.24, 2.45) is 0 Å². The molecule has 20 heavy (non-hydrogen) atoms. The maximum Gasteiger partial charge on any atom is 0.573 e. The van der Waals surface area contributed by atoms with Crippen molar-refractivity contribution in [3.63, 3.8) is 0 Å². The highest BCUT2D eigenvalue weighted by Crippen LogP contribution is 2.29. The van der Waals surface area contributed by atoms with E-state index in [2.05, 4.69) is 10.1 Å². The van der Waals surface area contributed by atoms with Crippen LogP contribution in [-0.2, 0) is 13.1 Å². The largest absolute Gasteiger partial charge is 0.573 e. The lowest BCUT2D eigenvalue weighted by molar-refractivity contribution is -0.274. The molecule has 104 valence electrons. The second kappa shape index (κ2) is 4.83. The van der Waals surface area contributed by atoms with Gasteiger partial charge in [-0.3, -0.25) is 0 Å². The molecule has 0 unspecified atom stereocenters. The van der Waals surface area contributed by atoms with Crippen LogP contribution in [0.25, 0.3) is 11.1 Å². The molecule has 0 amide bonds. The first-order valence-electron chi connectivity index (χ1n) is 6.20. The van der Waals surface area contributed by atoms with Crippen LogP contribution in [-0.4, -0.2) is 6.36 Å². The van der Waals surface area contributed by atoms with Crippen molar-refractivity contribution in [2.75, 3.05) is 0 Å². The lowest BCUT2D eigenvalue weighted by atomic mass is 10.0. The summed E-state index contributed by atoms with van der Waals surface area (Å²) in [5.41, 5.74) is 4.02. The number of hydrogen-bond acceptors (Lipinski definition) is 2. The van der Waals surface area contributed by atoms with Crippen LogP contribution in [0.15, 0.2) is 42.5 Å². The topological polar surface area (TPSA) is 21.3 Å². The van der Waals surface area contributed by atoms with Crippen molar-refractivity contribution in [3.05, 3.63) is 53.6 Å². The Morgan fingerprint density at radius 3 is 2.45 bits per heavy atom. The Morgan fingerprint density at radius 2 is 1.65 bits per heavy atom. The third-order valence-corrected chi connectivity index (χ3v) is 3.24. The van der Waals surface area contributed by atoms with Crippen LogP contribution in [0.4, 0.5) is 13.2 Å². The molecule has 0 radical (unpaired) electrons. The van der Waals surface area contributed by atoms with Crippen molar-refractivity contribution < 1.29 is 17.9 Å². The molecule has 1 aliphatic rings. The van der Waals surface area contributed by atoms with Crippen LogP contribution < -0.4 is 10.1 Å². The maximum absolute atomic E-state index is 12.2. The van der Waals surface area contributed by atoms with E-state index in [0.717, 1.165) is 18.7 Å². The second-order valence-electron chi connectivity index (χ2n) is 4.66. The number of ether oxygens (including phenoxy) is 1. The standard InChI is InChI=1S/C15H12F3NO/c16-15(17,18)20-14-3-1-2-10(7-14)11-4-5-12-8-19-9-13(12)6-11/h1-7,19H,8-9H2. The van der Waals surface area contributed by atoms with Gasteiger partial charge in [0, 0.05) is 13.1 Å². The number of fused-ring (bicyclic) bond motifs is 1. The maximum atomic E-state index is 12.2. The summed E-state index contributed by atoms with van der Waals surface area (Å²) in [7, 11) is 0. The number of rotatable bonds is 2. The molecule has 0 saturated carbocycles. The van der Waals surface area contributed by atoms with Crippen LogP contribution in [0.3, 0.4) is 0 Å². The van der Waals surface area contributed by atoms with Crippen LogP contribution in [0, 0.1) is 0 Å². The minimum atomic E-state index is -4.67. The number of alkyl halides is 3. The summed E-state index contributed by atoms with van der Waals surface area (Å²) in [5.74, 6) is -0.200. The molecule has 1 N–H and O–H groups in total. The first-order chi connectivity index (χ1) is 9.51. The van der Waals surface area contributed by atoms with Crippen LogP contribution >= 0.6 is 0 Å². The Bertz CT molecular complexity index is 637. The Kier molecular flexibility index (Phi) is 3.14. The van der Waals surface area contributed by atoms with Gasteiger partial charge in [0.2, 0.25) is 0 Å². The Labute approximate surface area is 114 Å². The van der Waals surface area contributed by atoms with E-state index in [9.17, 15) is 13.2 Å². The van der Waals surface area contributed by atoms with Gasteiger partial charge in [-0.1, -0.05) is 24.3 Å². The smallest absolute Gasteiger partial charge is 0.406 e. The van der Waals surface area contributed by atoms with E-state index in [1.807, 2.05) is 18.2 Å². The normalized spacial score (nSPS) is 14.2. The van der Waals surface area contributed by atoms with Gasteiger partial charge >= 0.3 is 6.36 Å². The zero-order valence-corrected chi connectivity index (χ0v) is 10.5. The highest BCUT2D eigenvalue weighted by atomic mass is 19.4. The van der Waals surface area contributed by atoms with Crippen LogP contribution in [0.5, 0.6) is 5.75 Å². The summed E-state index contributed by atoms with van der Waals surface area (Å²) >= 11 is 0. The highest BCUT2D eigenvalue weighted by Gasteiger charge is 2.31. The molecule has 0 spiro atoms. The van der Waals surface area contributed by atoms with Gasteiger partial charge in [0.25, 0.3) is 0 Å². The van der Waals surface area contributed by atoms with Gasteiger partial charge in [-0.25, -0.2) is 0 Å². The molecule has 0 aliphatic carbocycles. The fraction of sp³-hybridized carbons (Fsp3) is 0.200. The van der Waals surface area contributed by atoms with Gasteiger partial charge in [0.05, 0.1) is 0 Å². The molecular weight excluding hydrogens is 267 g/mol. The van der Waals surface area contributed by atoms with Crippen molar-refractivity contribution in [3.8, 4) is 16.9 Å². The summed E-state index contributed by atoms with van der Waals surface area (Å²) in [6, 6.07) is 11.9. The van der Waals surface area contributed by atoms with E-state index in [4.69, 9.17) is 0 Å². The molecule has 5 heteroatoms. The van der Waals surface area contributed by atoms with E-state index >= 15 is 0 Å². The van der Waals surface area contributed by atoms with Crippen LogP contribution in [0.1, 0.15) is 11.1 Å². The number of hydrogen-bond donors (Lipinski definition) is 1. The van der Waals surface area contributed by atoms with Crippen LogP contribution in [0.2, 0.25) is 0 Å². The summed E-state index contributed by atoms with van der Waals surface area (Å²) in [6.45, 7) is 1.63. The molecular formula is C15H12F3NO. The summed E-state index contributed by atoms with van der Waals surface area (Å²) < 4.78 is 40.6. The first kappa shape index (κ1) is 13.0. The van der Waals surface area contributed by atoms with Gasteiger partial charge in [0.1, 0.15) is 5.75 Å². The fourth-order valence-corrected chi connectivity index (χ4v) is 2.35. The minimum absolute atomic E-state index is 0.200. The Hall–Kier alpha value is -2.01. The average molecular weight is 279 g/mol. The summed E-state index contributed by atoms with van der Waals surface area (Å²) in [5, 5.41) is 3.24. The van der Waals surface area contributed by atoms with Crippen molar-refractivity contribution in [2.45, 2.75) is 19.5 Å². The highest BCUT2D eigenvalue weighted by molar-refractivity contribution is 5.66. The number of benzene rings is 2. The van der Waals surface area contributed by atoms with Gasteiger partial charge < -0.3 is 10.1 Å². The van der Waals surface area contributed by atoms with E-state index < -0.39 is 6.36 Å². The average Bonchev–Trinajstić information content (AvgIpc) is 2.84. The third-order valence-electron chi connectivity index (χ3n) is 3.24. The number of halogens is 3. The Morgan fingerprint density at radius 1 is 0.900 bits per heavy atom. The van der Waals surface area contributed by atoms with Crippen molar-refractivity contribution >= 4 is 0 Å². The second-order valence-corrected chi connectivity index (χ2v) is 4.66. The Balaban J connectivity index is 1.92. The van der Waals surface area contributed by atoms with Gasteiger partial charge in [-0.2, -0.15) is 0 Å². The zero-order chi connectivity index (χ0) is 14.2. The first-order valence-corrected chi connectivity index (χ1v) is 6.20. The predicted molar refractivity (Wildman–Crippen MR) is 69.1 cm³/mol. The quantitative estimate of drug-likeness (QED) is 0.901. The molecule has 0 fully saturated rings. The lowest BCUT2D eigenvalue weighted by Gasteiger charge is -2.10. The van der Waals surface area contributed by atoms with E-state index in [0.29, 0.717) is 5.56 Å². The molecule has 0 atom stereocenters. The van der Waals surface area contributed by atoms with E-state index in [1.165, 1.54) is 23.3 Å². The molecule has 0 aromatic heterocycles. The van der Waals surface area contributed by atoms with Crippen molar-refractivity contribution in [1.82, 2.24) is 5.32 Å². The molecule has 0 bridgehead atoms. The fourth-order valence-electron chi connectivity index (χ4n) is 2.35. The third kappa shape index (κ3) is 2.77. The monoisotopic (exact) mass is 279 g/mol. The van der Waals surface area contributed by atoms with Gasteiger partial charge in [0.15, 0.2) is 0 Å². The van der Waals surface area contributed by atoms with Gasteiger partial charge in [-0.05, 0) is 40.5 Å². The molecule has 0 saturated heterocycles. The van der Waals surface area contributed by atoms with E-state index in [1.54, 1.807) is 12.1 Å². The minimum Gasteiger partial charge on any atom is -0.406 e. The molecule has 2 nitrogen and oxygen atoms in total. The molecule has 3 rings (SSSR count). The molecule has 2 aromatic rings. The summed E-state index contributed by atoms with van der Waals surface area (Å²) in [6.07, 6.45) is -4.67. The molecule has 1 aliphatic heterocycles. The SMILES string of the molecule is FC(F)(F)Oc1cccc(-c2ccc3c(c2)CNC3)c1. The summed E-state index contributed by atoms with van der Waals surface area (Å²) in [4.78, 5) is 0. The molecule has 2 aromatic carbocycles. The number of nitrogens with one attached hydrogen (secondary N) is 1. The van der Waals surface area contributed by atoms with E-state index in [-0.39, 0.29) is 5.75 Å². The predicted octanol–water partition coefficient (Wildman–Crippen LogP) is 3.86. The zero-order valence-electron chi connectivity index (χ0n) is 10.5. The molecule has 1 heterocycles. The van der Waals surface area contributed by atoms with Gasteiger partial charge in [-0.15, -0.1) is 13.2 Å². The van der Waals surface area contributed by atoms with Crippen molar-refractivity contribution in [1.29, 1.82) is 0 Å². The lowest BCUT2D eigenvalue weighted by Crippen LogP contribution is -2.17.